The van der Waals surface area contributed by atoms with Gasteiger partial charge in [0.1, 0.15) is 11.8 Å². The second-order valence-corrected chi connectivity index (χ2v) is 6.75. The molecule has 0 saturated carbocycles. The van der Waals surface area contributed by atoms with Gasteiger partial charge in [-0.15, -0.1) is 0 Å². The molecule has 5 nitrogen and oxygen atoms in total. The summed E-state index contributed by atoms with van der Waals surface area (Å²) in [5, 5.41) is 5.75. The van der Waals surface area contributed by atoms with Crippen LogP contribution in [0, 0.1) is 11.8 Å². The van der Waals surface area contributed by atoms with Gasteiger partial charge in [0, 0.05) is 12.1 Å². The van der Waals surface area contributed by atoms with Crippen molar-refractivity contribution in [2.75, 3.05) is 13.7 Å². The van der Waals surface area contributed by atoms with Crippen LogP contribution in [0.2, 0.25) is 0 Å². The fraction of sp³-hybridized carbons (Fsp3) is 0.579. The minimum Gasteiger partial charge on any atom is -0.497 e. The van der Waals surface area contributed by atoms with Crippen LogP contribution in [0.1, 0.15) is 50.9 Å². The molecule has 0 aliphatic carbocycles. The number of carbonyl (C=O) groups is 2. The molecular formula is C19H30N2O3. The smallest absolute Gasteiger partial charge is 0.251 e. The Kier molecular flexibility index (Phi) is 8.30. The van der Waals surface area contributed by atoms with E-state index in [4.69, 9.17) is 4.74 Å². The number of benzene rings is 1. The van der Waals surface area contributed by atoms with E-state index in [2.05, 4.69) is 24.5 Å². The van der Waals surface area contributed by atoms with Crippen molar-refractivity contribution in [2.45, 2.75) is 46.6 Å². The molecule has 0 radical (unpaired) electrons. The topological polar surface area (TPSA) is 67.4 Å². The van der Waals surface area contributed by atoms with Crippen molar-refractivity contribution in [1.29, 1.82) is 0 Å². The lowest BCUT2D eigenvalue weighted by Gasteiger charge is -2.22. The lowest BCUT2D eigenvalue weighted by atomic mass is 10.0. The fourth-order valence-electron chi connectivity index (χ4n) is 2.33. The van der Waals surface area contributed by atoms with E-state index >= 15 is 0 Å². The van der Waals surface area contributed by atoms with Crippen LogP contribution >= 0.6 is 0 Å². The lowest BCUT2D eigenvalue weighted by molar-refractivity contribution is -0.123. The van der Waals surface area contributed by atoms with Crippen LogP contribution in [0.4, 0.5) is 0 Å². The third-order valence-electron chi connectivity index (χ3n) is 3.85. The van der Waals surface area contributed by atoms with Gasteiger partial charge in [-0.1, -0.05) is 27.7 Å². The summed E-state index contributed by atoms with van der Waals surface area (Å²) < 4.78 is 5.08. The van der Waals surface area contributed by atoms with Gasteiger partial charge in [-0.05, 0) is 48.9 Å². The fourth-order valence-corrected chi connectivity index (χ4v) is 2.33. The molecule has 5 heteroatoms. The number of ether oxygens (including phenoxy) is 1. The highest BCUT2D eigenvalue weighted by Crippen LogP contribution is 2.12. The van der Waals surface area contributed by atoms with Gasteiger partial charge >= 0.3 is 0 Å². The Bertz CT molecular complexity index is 524. The highest BCUT2D eigenvalue weighted by Gasteiger charge is 2.24. The summed E-state index contributed by atoms with van der Waals surface area (Å²) in [6.07, 6.45) is 2.02. The van der Waals surface area contributed by atoms with E-state index in [9.17, 15) is 9.59 Å². The molecule has 0 bridgehead atoms. The Labute approximate surface area is 145 Å². The molecule has 1 rings (SSSR count). The highest BCUT2D eigenvalue weighted by atomic mass is 16.5. The summed E-state index contributed by atoms with van der Waals surface area (Å²) in [5.41, 5.74) is 0.508. The second-order valence-electron chi connectivity index (χ2n) is 6.75. The average Bonchev–Trinajstić information content (AvgIpc) is 2.55. The molecule has 2 amide bonds. The summed E-state index contributed by atoms with van der Waals surface area (Å²) in [5.74, 6) is 0.939. The van der Waals surface area contributed by atoms with E-state index in [1.807, 2.05) is 13.8 Å². The van der Waals surface area contributed by atoms with Crippen LogP contribution in [0.5, 0.6) is 5.75 Å². The van der Waals surface area contributed by atoms with Crippen molar-refractivity contribution in [3.8, 4) is 5.75 Å². The molecule has 134 valence electrons. The first-order chi connectivity index (χ1) is 11.3. The predicted octanol–water partition coefficient (Wildman–Crippen LogP) is 3.00. The molecule has 1 atom stereocenters. The van der Waals surface area contributed by atoms with Crippen LogP contribution < -0.4 is 15.4 Å². The van der Waals surface area contributed by atoms with Crippen molar-refractivity contribution in [3.05, 3.63) is 29.8 Å². The standard InChI is InChI=1S/C19H30N2O3/c1-13(2)7-6-12-20-19(23)17(14(3)4)21-18(22)15-8-10-16(24-5)11-9-15/h8-11,13-14,17H,6-7,12H2,1-5H3,(H,20,23)(H,21,22). The summed E-state index contributed by atoms with van der Waals surface area (Å²) >= 11 is 0. The van der Waals surface area contributed by atoms with Crippen LogP contribution in [0.15, 0.2) is 24.3 Å². The van der Waals surface area contributed by atoms with Gasteiger partial charge in [-0.3, -0.25) is 9.59 Å². The number of amides is 2. The zero-order valence-corrected chi connectivity index (χ0v) is 15.4. The van der Waals surface area contributed by atoms with Gasteiger partial charge in [0.2, 0.25) is 5.91 Å². The van der Waals surface area contributed by atoms with Crippen molar-refractivity contribution < 1.29 is 14.3 Å². The van der Waals surface area contributed by atoms with Crippen LogP contribution in [0.25, 0.3) is 0 Å². The van der Waals surface area contributed by atoms with Crippen LogP contribution in [0.3, 0.4) is 0 Å². The highest BCUT2D eigenvalue weighted by molar-refractivity contribution is 5.97. The maximum Gasteiger partial charge on any atom is 0.251 e. The Morgan fingerprint density at radius 1 is 1.08 bits per heavy atom. The molecule has 0 heterocycles. The minimum absolute atomic E-state index is 0.0114. The molecule has 1 unspecified atom stereocenters. The number of carbonyl (C=O) groups excluding carboxylic acids is 2. The molecule has 0 aliphatic heterocycles. The van der Waals surface area contributed by atoms with Gasteiger partial charge in [-0.2, -0.15) is 0 Å². The van der Waals surface area contributed by atoms with Crippen LogP contribution in [-0.4, -0.2) is 31.5 Å². The molecule has 24 heavy (non-hydrogen) atoms. The number of hydrogen-bond donors (Lipinski definition) is 2. The number of hydrogen-bond acceptors (Lipinski definition) is 3. The van der Waals surface area contributed by atoms with E-state index < -0.39 is 6.04 Å². The monoisotopic (exact) mass is 334 g/mol. The Morgan fingerprint density at radius 2 is 1.71 bits per heavy atom. The lowest BCUT2D eigenvalue weighted by Crippen LogP contribution is -2.49. The van der Waals surface area contributed by atoms with Gasteiger partial charge in [-0.25, -0.2) is 0 Å². The normalized spacial score (nSPS) is 12.1. The first-order valence-electron chi connectivity index (χ1n) is 8.57. The third kappa shape index (κ3) is 6.60. The van der Waals surface area contributed by atoms with Crippen molar-refractivity contribution >= 4 is 11.8 Å². The van der Waals surface area contributed by atoms with Crippen molar-refractivity contribution in [3.63, 3.8) is 0 Å². The van der Waals surface area contributed by atoms with Crippen molar-refractivity contribution in [2.24, 2.45) is 11.8 Å². The van der Waals surface area contributed by atoms with E-state index in [1.165, 1.54) is 0 Å². The van der Waals surface area contributed by atoms with E-state index in [1.54, 1.807) is 31.4 Å². The molecule has 1 aromatic carbocycles. The molecule has 0 spiro atoms. The molecule has 0 aromatic heterocycles. The van der Waals surface area contributed by atoms with Gasteiger partial charge in [0.05, 0.1) is 7.11 Å². The largest absolute Gasteiger partial charge is 0.497 e. The molecule has 1 aromatic rings. The number of methoxy groups -OCH3 is 1. The zero-order valence-electron chi connectivity index (χ0n) is 15.4. The maximum absolute atomic E-state index is 12.4. The number of nitrogens with one attached hydrogen (secondary N) is 2. The zero-order chi connectivity index (χ0) is 18.1. The van der Waals surface area contributed by atoms with Gasteiger partial charge < -0.3 is 15.4 Å². The summed E-state index contributed by atoms with van der Waals surface area (Å²) in [6.45, 7) is 8.81. The predicted molar refractivity (Wildman–Crippen MR) is 96.2 cm³/mol. The summed E-state index contributed by atoms with van der Waals surface area (Å²) in [4.78, 5) is 24.7. The summed E-state index contributed by atoms with van der Waals surface area (Å²) in [6, 6.07) is 6.29. The Hall–Kier alpha value is -2.04. The first kappa shape index (κ1) is 20.0. The molecule has 0 fully saturated rings. The molecule has 0 aliphatic rings. The van der Waals surface area contributed by atoms with Gasteiger partial charge in [0.25, 0.3) is 5.91 Å². The maximum atomic E-state index is 12.4. The quantitative estimate of drug-likeness (QED) is 0.682. The van der Waals surface area contributed by atoms with E-state index in [-0.39, 0.29) is 17.7 Å². The SMILES string of the molecule is COc1ccc(C(=O)NC(C(=O)NCCCC(C)C)C(C)C)cc1. The Morgan fingerprint density at radius 3 is 2.21 bits per heavy atom. The molecule has 0 saturated heterocycles. The van der Waals surface area contributed by atoms with E-state index in [0.717, 1.165) is 12.8 Å². The average molecular weight is 334 g/mol. The Balaban J connectivity index is 2.60. The third-order valence-corrected chi connectivity index (χ3v) is 3.85. The second kappa shape index (κ2) is 9.96. The summed E-state index contributed by atoms with van der Waals surface area (Å²) in [7, 11) is 1.58. The number of rotatable bonds is 9. The van der Waals surface area contributed by atoms with E-state index in [0.29, 0.717) is 23.8 Å². The van der Waals surface area contributed by atoms with Crippen molar-refractivity contribution in [1.82, 2.24) is 10.6 Å². The first-order valence-corrected chi connectivity index (χ1v) is 8.57. The molecular weight excluding hydrogens is 304 g/mol. The van der Waals surface area contributed by atoms with Gasteiger partial charge in [0.15, 0.2) is 0 Å². The minimum atomic E-state index is -0.543. The molecule has 2 N–H and O–H groups in total. The van der Waals surface area contributed by atoms with Crippen LogP contribution in [-0.2, 0) is 4.79 Å².